The standard InChI is InChI=1S/C11H16N4O/c1-8-6-10(16-14-8)7-12-9(2)11-4-5-13-15(11)3/h4-6,9,12H,7H2,1-3H3. The van der Waals surface area contributed by atoms with Crippen LogP contribution in [0.5, 0.6) is 0 Å². The first-order valence-electron chi connectivity index (χ1n) is 5.30. The lowest BCUT2D eigenvalue weighted by molar-refractivity contribution is 0.361. The summed E-state index contributed by atoms with van der Waals surface area (Å²) in [7, 11) is 1.94. The van der Waals surface area contributed by atoms with Gasteiger partial charge in [-0.05, 0) is 19.9 Å². The first-order chi connectivity index (χ1) is 7.66. The van der Waals surface area contributed by atoms with Crippen LogP contribution in [0, 0.1) is 6.92 Å². The summed E-state index contributed by atoms with van der Waals surface area (Å²) < 4.78 is 6.99. The molecule has 86 valence electrons. The summed E-state index contributed by atoms with van der Waals surface area (Å²) in [5.41, 5.74) is 2.06. The van der Waals surface area contributed by atoms with Gasteiger partial charge in [0.1, 0.15) is 0 Å². The normalized spacial score (nSPS) is 12.9. The molecule has 5 nitrogen and oxygen atoms in total. The summed E-state index contributed by atoms with van der Waals surface area (Å²) in [6, 6.07) is 4.17. The highest BCUT2D eigenvalue weighted by Gasteiger charge is 2.09. The fourth-order valence-electron chi connectivity index (χ4n) is 1.67. The average molecular weight is 220 g/mol. The molecule has 0 saturated carbocycles. The number of aryl methyl sites for hydroxylation is 2. The van der Waals surface area contributed by atoms with Gasteiger partial charge in [-0.25, -0.2) is 0 Å². The topological polar surface area (TPSA) is 55.9 Å². The van der Waals surface area contributed by atoms with Crippen molar-refractivity contribution >= 4 is 0 Å². The molecule has 2 heterocycles. The maximum atomic E-state index is 5.13. The van der Waals surface area contributed by atoms with Gasteiger partial charge in [-0.1, -0.05) is 5.16 Å². The van der Waals surface area contributed by atoms with E-state index in [-0.39, 0.29) is 6.04 Å². The molecule has 0 radical (unpaired) electrons. The Balaban J connectivity index is 1.93. The van der Waals surface area contributed by atoms with Crippen LogP contribution in [0.25, 0.3) is 0 Å². The first kappa shape index (κ1) is 10.9. The zero-order valence-corrected chi connectivity index (χ0v) is 9.77. The monoisotopic (exact) mass is 220 g/mol. The van der Waals surface area contributed by atoms with E-state index in [9.17, 15) is 0 Å². The lowest BCUT2D eigenvalue weighted by Gasteiger charge is -2.12. The molecule has 1 N–H and O–H groups in total. The fraction of sp³-hybridized carbons (Fsp3) is 0.455. The summed E-state index contributed by atoms with van der Waals surface area (Å²) in [6.45, 7) is 4.69. The highest BCUT2D eigenvalue weighted by molar-refractivity contribution is 5.07. The van der Waals surface area contributed by atoms with Crippen LogP contribution in [-0.4, -0.2) is 14.9 Å². The smallest absolute Gasteiger partial charge is 0.150 e. The minimum absolute atomic E-state index is 0.234. The minimum Gasteiger partial charge on any atom is -0.360 e. The van der Waals surface area contributed by atoms with Crippen molar-refractivity contribution in [1.82, 2.24) is 20.3 Å². The lowest BCUT2D eigenvalue weighted by atomic mass is 10.2. The molecular formula is C11H16N4O. The number of rotatable bonds is 4. The molecule has 2 aromatic rings. The van der Waals surface area contributed by atoms with Crippen molar-refractivity contribution in [3.63, 3.8) is 0 Å². The molecule has 0 spiro atoms. The number of nitrogens with zero attached hydrogens (tertiary/aromatic N) is 3. The van der Waals surface area contributed by atoms with Crippen LogP contribution in [0.1, 0.15) is 30.1 Å². The molecule has 2 aromatic heterocycles. The lowest BCUT2D eigenvalue weighted by Crippen LogP contribution is -2.20. The molecule has 0 amide bonds. The van der Waals surface area contributed by atoms with Crippen LogP contribution in [0.3, 0.4) is 0 Å². The second-order valence-corrected chi connectivity index (χ2v) is 3.92. The van der Waals surface area contributed by atoms with E-state index in [1.165, 1.54) is 0 Å². The van der Waals surface area contributed by atoms with Gasteiger partial charge in [-0.15, -0.1) is 0 Å². The zero-order chi connectivity index (χ0) is 11.5. The fourth-order valence-corrected chi connectivity index (χ4v) is 1.67. The summed E-state index contributed by atoms with van der Waals surface area (Å²) in [4.78, 5) is 0. The Hall–Kier alpha value is -1.62. The molecule has 0 aliphatic heterocycles. The first-order valence-corrected chi connectivity index (χ1v) is 5.30. The van der Waals surface area contributed by atoms with E-state index in [1.54, 1.807) is 6.20 Å². The molecule has 0 bridgehead atoms. The molecule has 5 heteroatoms. The van der Waals surface area contributed by atoms with Gasteiger partial charge in [0.2, 0.25) is 0 Å². The Bertz CT molecular complexity index is 460. The van der Waals surface area contributed by atoms with Gasteiger partial charge in [0.25, 0.3) is 0 Å². The minimum atomic E-state index is 0.234. The molecular weight excluding hydrogens is 204 g/mol. The third-order valence-corrected chi connectivity index (χ3v) is 2.56. The van der Waals surface area contributed by atoms with E-state index in [0.717, 1.165) is 17.1 Å². The Labute approximate surface area is 94.4 Å². The third kappa shape index (κ3) is 2.30. The Kier molecular flexibility index (Phi) is 3.05. The van der Waals surface area contributed by atoms with Gasteiger partial charge < -0.3 is 9.84 Å². The van der Waals surface area contributed by atoms with Gasteiger partial charge >= 0.3 is 0 Å². The SMILES string of the molecule is Cc1cc(CNC(C)c2ccnn2C)on1. The van der Waals surface area contributed by atoms with Crippen LogP contribution in [0.4, 0.5) is 0 Å². The summed E-state index contributed by atoms with van der Waals surface area (Å²) in [5, 5.41) is 11.3. The predicted molar refractivity (Wildman–Crippen MR) is 59.7 cm³/mol. The van der Waals surface area contributed by atoms with Crippen LogP contribution >= 0.6 is 0 Å². The largest absolute Gasteiger partial charge is 0.360 e. The van der Waals surface area contributed by atoms with Gasteiger partial charge in [0, 0.05) is 25.4 Å². The van der Waals surface area contributed by atoms with E-state index < -0.39 is 0 Å². The van der Waals surface area contributed by atoms with Crippen molar-refractivity contribution < 1.29 is 4.52 Å². The van der Waals surface area contributed by atoms with Crippen molar-refractivity contribution in [2.75, 3.05) is 0 Å². The third-order valence-electron chi connectivity index (χ3n) is 2.56. The van der Waals surface area contributed by atoms with Crippen LogP contribution < -0.4 is 5.32 Å². The summed E-state index contributed by atoms with van der Waals surface area (Å²) >= 11 is 0. The van der Waals surface area contributed by atoms with Crippen molar-refractivity contribution in [3.05, 3.63) is 35.5 Å². The van der Waals surface area contributed by atoms with Crippen LogP contribution in [0.2, 0.25) is 0 Å². The number of hydrogen-bond donors (Lipinski definition) is 1. The highest BCUT2D eigenvalue weighted by atomic mass is 16.5. The highest BCUT2D eigenvalue weighted by Crippen LogP contribution is 2.11. The molecule has 0 aliphatic rings. The van der Waals surface area contributed by atoms with E-state index in [0.29, 0.717) is 6.54 Å². The maximum absolute atomic E-state index is 5.13. The van der Waals surface area contributed by atoms with Crippen molar-refractivity contribution in [2.45, 2.75) is 26.4 Å². The molecule has 1 atom stereocenters. The predicted octanol–water partition coefficient (Wildman–Crippen LogP) is 1.57. The van der Waals surface area contributed by atoms with Crippen molar-refractivity contribution in [3.8, 4) is 0 Å². The second kappa shape index (κ2) is 4.49. The summed E-state index contributed by atoms with van der Waals surface area (Å²) in [5.74, 6) is 0.853. The average Bonchev–Trinajstić information content (AvgIpc) is 2.84. The molecule has 0 aromatic carbocycles. The van der Waals surface area contributed by atoms with Gasteiger partial charge in [-0.3, -0.25) is 4.68 Å². The second-order valence-electron chi connectivity index (χ2n) is 3.92. The van der Waals surface area contributed by atoms with Crippen LogP contribution in [-0.2, 0) is 13.6 Å². The van der Waals surface area contributed by atoms with E-state index in [1.807, 2.05) is 30.8 Å². The summed E-state index contributed by atoms with van der Waals surface area (Å²) in [6.07, 6.45) is 1.80. The van der Waals surface area contributed by atoms with Gasteiger partial charge in [0.05, 0.1) is 17.9 Å². The molecule has 0 aliphatic carbocycles. The molecule has 0 fully saturated rings. The maximum Gasteiger partial charge on any atom is 0.150 e. The van der Waals surface area contributed by atoms with E-state index in [4.69, 9.17) is 4.52 Å². The number of aromatic nitrogens is 3. The Morgan fingerprint density at radius 3 is 2.94 bits per heavy atom. The zero-order valence-electron chi connectivity index (χ0n) is 9.77. The van der Waals surface area contributed by atoms with Gasteiger partial charge in [-0.2, -0.15) is 5.10 Å². The van der Waals surface area contributed by atoms with Gasteiger partial charge in [0.15, 0.2) is 5.76 Å². The molecule has 0 saturated heterocycles. The van der Waals surface area contributed by atoms with Crippen molar-refractivity contribution in [1.29, 1.82) is 0 Å². The Morgan fingerprint density at radius 1 is 1.56 bits per heavy atom. The molecule has 1 unspecified atom stereocenters. The quantitative estimate of drug-likeness (QED) is 0.849. The number of nitrogens with one attached hydrogen (secondary N) is 1. The Morgan fingerprint density at radius 2 is 2.38 bits per heavy atom. The van der Waals surface area contributed by atoms with Crippen molar-refractivity contribution in [2.24, 2.45) is 7.05 Å². The molecule has 16 heavy (non-hydrogen) atoms. The van der Waals surface area contributed by atoms with E-state index in [2.05, 4.69) is 22.5 Å². The molecule has 2 rings (SSSR count). The van der Waals surface area contributed by atoms with E-state index >= 15 is 0 Å². The van der Waals surface area contributed by atoms with Crippen LogP contribution in [0.15, 0.2) is 22.9 Å². The number of hydrogen-bond acceptors (Lipinski definition) is 4.